The van der Waals surface area contributed by atoms with Crippen molar-refractivity contribution in [3.8, 4) is 28.9 Å². The largest absolute Gasteiger partial charge is 0.494 e. The molecule has 2 heterocycles. The zero-order valence-electron chi connectivity index (χ0n) is 13.6. The molecule has 4 aromatic rings. The first-order valence-electron chi connectivity index (χ1n) is 8.23. The van der Waals surface area contributed by atoms with E-state index >= 15 is 0 Å². The third-order valence-electron chi connectivity index (χ3n) is 4.49. The molecule has 5 heteroatoms. The van der Waals surface area contributed by atoms with Gasteiger partial charge in [0.15, 0.2) is 23.0 Å². The van der Waals surface area contributed by atoms with Crippen LogP contribution in [0, 0.1) is 0 Å². The molecule has 0 amide bonds. The van der Waals surface area contributed by atoms with Crippen molar-refractivity contribution in [2.75, 3.05) is 0 Å². The molecule has 0 atom stereocenters. The highest BCUT2D eigenvalue weighted by Crippen LogP contribution is 2.45. The van der Waals surface area contributed by atoms with Gasteiger partial charge in [-0.2, -0.15) is 0 Å². The highest BCUT2D eigenvalue weighted by Gasteiger charge is 2.19. The highest BCUT2D eigenvalue weighted by atomic mass is 35.5. The van der Waals surface area contributed by atoms with Gasteiger partial charge in [-0.1, -0.05) is 41.9 Å². The van der Waals surface area contributed by atoms with Crippen LogP contribution in [-0.4, -0.2) is 9.67 Å². The number of para-hydroxylation sites is 2. The summed E-state index contributed by atoms with van der Waals surface area (Å²) in [5, 5.41) is 12.6. The predicted molar refractivity (Wildman–Crippen MR) is 101 cm³/mol. The van der Waals surface area contributed by atoms with Crippen LogP contribution in [0.5, 0.6) is 28.9 Å². The maximum atomic E-state index is 10.5. The van der Waals surface area contributed by atoms with Gasteiger partial charge in [0.2, 0.25) is 5.88 Å². The molecular weight excluding hydrogens is 350 g/mol. The molecule has 0 saturated carbocycles. The fourth-order valence-electron chi connectivity index (χ4n) is 3.24. The van der Waals surface area contributed by atoms with Crippen LogP contribution in [0.3, 0.4) is 0 Å². The zero-order chi connectivity index (χ0) is 17.7. The maximum Gasteiger partial charge on any atom is 0.200 e. The number of aromatic nitrogens is 1. The third-order valence-corrected chi connectivity index (χ3v) is 4.80. The summed E-state index contributed by atoms with van der Waals surface area (Å²) in [6.45, 7) is 0.495. The number of nitrogens with zero attached hydrogens (tertiary/aromatic N) is 1. The molecule has 1 aliphatic heterocycles. The maximum absolute atomic E-state index is 10.5. The number of ether oxygens (including phenoxy) is 2. The van der Waals surface area contributed by atoms with E-state index in [0.717, 1.165) is 10.9 Å². The molecule has 0 fully saturated rings. The third kappa shape index (κ3) is 2.38. The SMILES string of the molecule is Oc1c2c(Cl)cccc2cn1Cc1ccc2c(c1)Oc1ccccc1O2. The Hall–Kier alpha value is -3.11. The second-order valence-corrected chi connectivity index (χ2v) is 6.62. The Labute approximate surface area is 154 Å². The van der Waals surface area contributed by atoms with Crippen LogP contribution in [0.1, 0.15) is 5.56 Å². The lowest BCUT2D eigenvalue weighted by atomic mass is 10.2. The van der Waals surface area contributed by atoms with Crippen molar-refractivity contribution in [2.24, 2.45) is 0 Å². The highest BCUT2D eigenvalue weighted by molar-refractivity contribution is 6.36. The Morgan fingerprint density at radius 2 is 1.58 bits per heavy atom. The lowest BCUT2D eigenvalue weighted by molar-refractivity contribution is 0.359. The molecule has 0 aliphatic carbocycles. The molecular formula is C21H14ClNO3. The fraction of sp³-hybridized carbons (Fsp3) is 0.0476. The zero-order valence-corrected chi connectivity index (χ0v) is 14.4. The van der Waals surface area contributed by atoms with E-state index in [1.807, 2.05) is 60.8 Å². The minimum absolute atomic E-state index is 0.158. The van der Waals surface area contributed by atoms with Gasteiger partial charge in [0.25, 0.3) is 0 Å². The summed E-state index contributed by atoms with van der Waals surface area (Å²) in [5.41, 5.74) is 0.985. The summed E-state index contributed by atoms with van der Waals surface area (Å²) in [6.07, 6.45) is 1.89. The first kappa shape index (κ1) is 15.2. The first-order valence-corrected chi connectivity index (χ1v) is 8.61. The monoisotopic (exact) mass is 363 g/mol. The van der Waals surface area contributed by atoms with Crippen molar-refractivity contribution < 1.29 is 14.6 Å². The minimum atomic E-state index is 0.158. The van der Waals surface area contributed by atoms with Crippen LogP contribution in [0.2, 0.25) is 5.02 Å². The summed E-state index contributed by atoms with van der Waals surface area (Å²) < 4.78 is 13.6. The van der Waals surface area contributed by atoms with E-state index in [9.17, 15) is 5.11 Å². The van der Waals surface area contributed by atoms with Gasteiger partial charge in [0, 0.05) is 11.6 Å². The molecule has 0 saturated heterocycles. The Kier molecular flexibility index (Phi) is 3.33. The molecule has 0 bridgehead atoms. The standard InChI is InChI=1S/C21H14ClNO3/c22-15-5-3-4-14-12-23(21(24)20(14)15)11-13-8-9-18-19(10-13)26-17-7-2-1-6-16(17)25-18/h1-10,12,24H,11H2. The molecule has 3 aromatic carbocycles. The number of fused-ring (bicyclic) bond motifs is 3. The summed E-state index contributed by atoms with van der Waals surface area (Å²) in [6, 6.07) is 18.9. The van der Waals surface area contributed by atoms with Crippen molar-refractivity contribution in [3.63, 3.8) is 0 Å². The fourth-order valence-corrected chi connectivity index (χ4v) is 3.51. The molecule has 26 heavy (non-hydrogen) atoms. The van der Waals surface area contributed by atoms with E-state index in [2.05, 4.69) is 0 Å². The van der Waals surface area contributed by atoms with Crippen LogP contribution in [0.4, 0.5) is 0 Å². The average molecular weight is 364 g/mol. The van der Waals surface area contributed by atoms with Gasteiger partial charge < -0.3 is 19.1 Å². The second-order valence-electron chi connectivity index (χ2n) is 6.22. The molecule has 5 rings (SSSR count). The normalized spacial score (nSPS) is 12.2. The van der Waals surface area contributed by atoms with Gasteiger partial charge in [-0.3, -0.25) is 0 Å². The Morgan fingerprint density at radius 3 is 2.35 bits per heavy atom. The van der Waals surface area contributed by atoms with Crippen LogP contribution >= 0.6 is 11.6 Å². The van der Waals surface area contributed by atoms with Gasteiger partial charge in [-0.05, 0) is 35.9 Å². The van der Waals surface area contributed by atoms with E-state index in [0.29, 0.717) is 40.0 Å². The number of hydrogen-bond donors (Lipinski definition) is 1. The molecule has 128 valence electrons. The summed E-state index contributed by atoms with van der Waals surface area (Å²) >= 11 is 6.21. The Morgan fingerprint density at radius 1 is 0.846 bits per heavy atom. The second kappa shape index (κ2) is 5.71. The Bertz CT molecular complexity index is 1150. The first-order chi connectivity index (χ1) is 12.7. The smallest absolute Gasteiger partial charge is 0.200 e. The number of benzene rings is 3. The molecule has 4 nitrogen and oxygen atoms in total. The molecule has 1 aliphatic rings. The number of aromatic hydroxyl groups is 1. The lowest BCUT2D eigenvalue weighted by Gasteiger charge is -2.21. The van der Waals surface area contributed by atoms with E-state index in [1.54, 1.807) is 10.6 Å². The molecule has 1 aromatic heterocycles. The van der Waals surface area contributed by atoms with Crippen molar-refractivity contribution >= 4 is 22.4 Å². The van der Waals surface area contributed by atoms with Gasteiger partial charge in [-0.25, -0.2) is 0 Å². The molecule has 1 N–H and O–H groups in total. The molecule has 0 spiro atoms. The van der Waals surface area contributed by atoms with Gasteiger partial charge in [0.1, 0.15) is 0 Å². The number of halogens is 1. The summed E-state index contributed by atoms with van der Waals surface area (Å²) in [5.74, 6) is 2.90. The van der Waals surface area contributed by atoms with Gasteiger partial charge >= 0.3 is 0 Å². The van der Waals surface area contributed by atoms with Crippen molar-refractivity contribution in [1.29, 1.82) is 0 Å². The van der Waals surface area contributed by atoms with E-state index in [-0.39, 0.29) is 5.88 Å². The van der Waals surface area contributed by atoms with E-state index in [1.165, 1.54) is 0 Å². The van der Waals surface area contributed by atoms with Crippen LogP contribution in [-0.2, 0) is 6.54 Å². The van der Waals surface area contributed by atoms with Crippen molar-refractivity contribution in [1.82, 2.24) is 4.57 Å². The lowest BCUT2D eigenvalue weighted by Crippen LogP contribution is -2.01. The summed E-state index contributed by atoms with van der Waals surface area (Å²) in [4.78, 5) is 0. The van der Waals surface area contributed by atoms with Crippen molar-refractivity contribution in [3.05, 3.63) is 77.4 Å². The topological polar surface area (TPSA) is 43.6 Å². The van der Waals surface area contributed by atoms with Gasteiger partial charge in [0.05, 0.1) is 17.0 Å². The van der Waals surface area contributed by atoms with E-state index < -0.39 is 0 Å². The quantitative estimate of drug-likeness (QED) is 0.421. The van der Waals surface area contributed by atoms with Crippen LogP contribution in [0.15, 0.2) is 66.9 Å². The summed E-state index contributed by atoms with van der Waals surface area (Å²) in [7, 11) is 0. The van der Waals surface area contributed by atoms with Crippen LogP contribution in [0.25, 0.3) is 10.8 Å². The molecule has 0 unspecified atom stereocenters. The predicted octanol–water partition coefficient (Wildman–Crippen LogP) is 5.95. The van der Waals surface area contributed by atoms with Gasteiger partial charge in [-0.15, -0.1) is 0 Å². The average Bonchev–Trinajstić information content (AvgIpc) is 2.97. The van der Waals surface area contributed by atoms with Crippen LogP contribution < -0.4 is 9.47 Å². The number of rotatable bonds is 2. The molecule has 0 radical (unpaired) electrons. The minimum Gasteiger partial charge on any atom is -0.494 e. The Balaban J connectivity index is 1.50. The van der Waals surface area contributed by atoms with E-state index in [4.69, 9.17) is 21.1 Å². The number of hydrogen-bond acceptors (Lipinski definition) is 3. The van der Waals surface area contributed by atoms with Crippen molar-refractivity contribution in [2.45, 2.75) is 6.54 Å².